The zero-order chi connectivity index (χ0) is 45.0. The summed E-state index contributed by atoms with van der Waals surface area (Å²) in [5.74, 6) is -0.980. The summed E-state index contributed by atoms with van der Waals surface area (Å²) < 4.78 is 12.7. The lowest BCUT2D eigenvalue weighted by molar-refractivity contribution is -0.143. The van der Waals surface area contributed by atoms with Gasteiger partial charge in [-0.25, -0.2) is 0 Å². The molecule has 4 aromatic carbocycles. The number of carbonyl (C=O) groups excluding carboxylic acids is 5. The predicted octanol–water partition coefficient (Wildman–Crippen LogP) is 5.81. The lowest BCUT2D eigenvalue weighted by Gasteiger charge is -2.44. The van der Waals surface area contributed by atoms with Crippen LogP contribution in [-0.4, -0.2) is 86.1 Å². The average Bonchev–Trinajstić information content (AvgIpc) is 3.78. The van der Waals surface area contributed by atoms with Gasteiger partial charge in [0.25, 0.3) is 8.32 Å². The highest BCUT2D eigenvalue weighted by Crippen LogP contribution is 2.37. The molecular formula is C51H64N4O7Si. The highest BCUT2D eigenvalue weighted by molar-refractivity contribution is 6.99. The van der Waals surface area contributed by atoms with Crippen LogP contribution >= 0.6 is 0 Å². The number of rotatable bonds is 17. The van der Waals surface area contributed by atoms with Gasteiger partial charge in [-0.15, -0.1) is 0 Å². The largest absolute Gasteiger partial charge is 0.494 e. The average molecular weight is 873 g/mol. The second kappa shape index (κ2) is 21.7. The quantitative estimate of drug-likeness (QED) is 0.0898. The summed E-state index contributed by atoms with van der Waals surface area (Å²) >= 11 is 0. The molecule has 2 aliphatic heterocycles. The molecule has 63 heavy (non-hydrogen) atoms. The molecule has 2 saturated heterocycles. The number of benzene rings is 4. The van der Waals surface area contributed by atoms with Gasteiger partial charge < -0.3 is 30.0 Å². The van der Waals surface area contributed by atoms with Crippen LogP contribution in [0.25, 0.3) is 0 Å². The topological polar surface area (TPSA) is 143 Å². The van der Waals surface area contributed by atoms with E-state index in [1.165, 1.54) is 0 Å². The number of unbranched alkanes of at least 4 members (excludes halogenated alkanes) is 2. The standard InChI is InChI=1S/C51H64N4O7Si/c1-6-61-39-31-29-38(30-32-39)34-43-48(58)54-44(35-37-20-11-7-12-21-37)50(60)55-33-19-27-45(55)49(59)52-42(47(57)53-43)26-17-10-18-28-46(56)36(2)62-63(51(3,4)5,40-22-13-8-14-23-40)41-24-15-9-16-25-41/h7-9,11-16,20-25,29-32,36,42-45H,6,10,17-19,26-28,33-35H2,1-5H3,(H,52,59)(H,53,57)(H,54,58)/t36-,42-,43+,44-,45+/m0/s1. The fourth-order valence-electron chi connectivity index (χ4n) is 9.02. The van der Waals surface area contributed by atoms with Crippen LogP contribution in [0.4, 0.5) is 0 Å². The second-order valence-electron chi connectivity index (χ2n) is 17.8. The zero-order valence-electron chi connectivity index (χ0n) is 37.4. The number of fused-ring (bicyclic) bond motifs is 1. The third kappa shape index (κ3) is 11.7. The summed E-state index contributed by atoms with van der Waals surface area (Å²) in [5.41, 5.74) is 1.65. The minimum absolute atomic E-state index is 0.0137. The number of amides is 4. The van der Waals surface area contributed by atoms with Gasteiger partial charge in [-0.1, -0.05) is 137 Å². The molecule has 0 aliphatic carbocycles. The van der Waals surface area contributed by atoms with Gasteiger partial charge in [0, 0.05) is 25.8 Å². The minimum Gasteiger partial charge on any atom is -0.494 e. The van der Waals surface area contributed by atoms with Gasteiger partial charge in [-0.3, -0.25) is 24.0 Å². The van der Waals surface area contributed by atoms with Crippen molar-refractivity contribution in [3.05, 3.63) is 126 Å². The number of Topliss-reactive ketones (excluding diaryl/α,β-unsaturated/α-hetero) is 1. The number of ketones is 1. The van der Waals surface area contributed by atoms with E-state index in [0.29, 0.717) is 57.4 Å². The first-order valence-corrected chi connectivity index (χ1v) is 24.5. The fraction of sp³-hybridized carbons (Fsp3) is 0.431. The molecule has 0 saturated carbocycles. The first-order chi connectivity index (χ1) is 30.3. The SMILES string of the molecule is CCOc1ccc(C[C@H]2NC(=O)[C@H](CCCCCC(=O)[C@H](C)O[Si](c3ccccc3)(c3ccccc3)C(C)(C)C)NC(=O)[C@H]3CCCN3C(=O)[C@H](Cc3ccccc3)NC2=O)cc1. The predicted molar refractivity (Wildman–Crippen MR) is 248 cm³/mol. The smallest absolute Gasteiger partial charge is 0.262 e. The van der Waals surface area contributed by atoms with Crippen LogP contribution in [0.5, 0.6) is 5.75 Å². The van der Waals surface area contributed by atoms with Crippen LogP contribution in [0.15, 0.2) is 115 Å². The van der Waals surface area contributed by atoms with E-state index >= 15 is 0 Å². The van der Waals surface area contributed by atoms with Crippen LogP contribution in [0.1, 0.15) is 90.7 Å². The number of ether oxygens (including phenoxy) is 1. The Bertz CT molecular complexity index is 2110. The number of nitrogens with zero attached hydrogens (tertiary/aromatic N) is 1. The Labute approximate surface area is 373 Å². The van der Waals surface area contributed by atoms with Crippen molar-refractivity contribution < 1.29 is 33.1 Å². The molecule has 0 radical (unpaired) electrons. The van der Waals surface area contributed by atoms with Crippen LogP contribution in [0.2, 0.25) is 5.04 Å². The molecular weight excluding hydrogens is 809 g/mol. The third-order valence-corrected chi connectivity index (χ3v) is 17.4. The van der Waals surface area contributed by atoms with Crippen molar-refractivity contribution in [1.82, 2.24) is 20.9 Å². The molecule has 4 aromatic rings. The normalized spacial score (nSPS) is 20.4. The minimum atomic E-state index is -2.93. The summed E-state index contributed by atoms with van der Waals surface area (Å²) in [6.45, 7) is 11.2. The van der Waals surface area contributed by atoms with Crippen molar-refractivity contribution >= 4 is 48.1 Å². The van der Waals surface area contributed by atoms with Crippen LogP contribution < -0.4 is 31.1 Å². The molecule has 2 fully saturated rings. The van der Waals surface area contributed by atoms with Gasteiger partial charge in [-0.2, -0.15) is 0 Å². The molecule has 0 bridgehead atoms. The molecule has 2 aliphatic rings. The molecule has 3 N–H and O–H groups in total. The number of carbonyl (C=O) groups is 5. The maximum atomic E-state index is 14.3. The highest BCUT2D eigenvalue weighted by atomic mass is 28.4. The van der Waals surface area contributed by atoms with Gasteiger partial charge in [0.15, 0.2) is 5.78 Å². The van der Waals surface area contributed by atoms with E-state index in [0.717, 1.165) is 21.5 Å². The summed E-state index contributed by atoms with van der Waals surface area (Å²) in [7, 11) is -2.93. The van der Waals surface area contributed by atoms with Crippen LogP contribution in [-0.2, 0) is 41.2 Å². The summed E-state index contributed by atoms with van der Waals surface area (Å²) in [4.78, 5) is 72.1. The van der Waals surface area contributed by atoms with E-state index in [-0.39, 0.29) is 41.9 Å². The van der Waals surface area contributed by atoms with Crippen molar-refractivity contribution in [3.8, 4) is 5.75 Å². The number of hydrogen-bond donors (Lipinski definition) is 3. The van der Waals surface area contributed by atoms with E-state index < -0.39 is 50.4 Å². The van der Waals surface area contributed by atoms with E-state index in [1.807, 2.05) is 105 Å². The molecule has 4 amide bonds. The molecule has 334 valence electrons. The van der Waals surface area contributed by atoms with Crippen molar-refractivity contribution in [2.75, 3.05) is 13.2 Å². The van der Waals surface area contributed by atoms with Crippen LogP contribution in [0, 0.1) is 0 Å². The molecule has 12 heteroatoms. The Morgan fingerprint density at radius 2 is 1.24 bits per heavy atom. The summed E-state index contributed by atoms with van der Waals surface area (Å²) in [5, 5.41) is 10.8. The second-order valence-corrected chi connectivity index (χ2v) is 22.1. The third-order valence-electron chi connectivity index (χ3n) is 12.3. The molecule has 2 heterocycles. The first-order valence-electron chi connectivity index (χ1n) is 22.6. The lowest BCUT2D eigenvalue weighted by Crippen LogP contribution is -2.68. The Morgan fingerprint density at radius 3 is 1.84 bits per heavy atom. The van der Waals surface area contributed by atoms with Crippen molar-refractivity contribution in [1.29, 1.82) is 0 Å². The highest BCUT2D eigenvalue weighted by Gasteiger charge is 2.51. The lowest BCUT2D eigenvalue weighted by atomic mass is 9.99. The molecule has 5 atom stereocenters. The van der Waals surface area contributed by atoms with Gasteiger partial charge in [-0.05, 0) is 78.2 Å². The van der Waals surface area contributed by atoms with E-state index in [9.17, 15) is 24.0 Å². The maximum Gasteiger partial charge on any atom is 0.262 e. The van der Waals surface area contributed by atoms with Gasteiger partial charge in [0.1, 0.15) is 36.0 Å². The van der Waals surface area contributed by atoms with Crippen molar-refractivity contribution in [2.24, 2.45) is 0 Å². The monoisotopic (exact) mass is 872 g/mol. The Hall–Kier alpha value is -5.59. The Morgan fingerprint density at radius 1 is 0.698 bits per heavy atom. The molecule has 6 rings (SSSR count). The summed E-state index contributed by atoms with van der Waals surface area (Å²) in [6.07, 6.45) is 3.15. The maximum absolute atomic E-state index is 14.3. The van der Waals surface area contributed by atoms with Gasteiger partial charge >= 0.3 is 0 Å². The molecule has 0 unspecified atom stereocenters. The molecule has 0 spiro atoms. The van der Waals surface area contributed by atoms with E-state index in [2.05, 4.69) is 61.0 Å². The van der Waals surface area contributed by atoms with Crippen LogP contribution in [0.3, 0.4) is 0 Å². The first kappa shape index (κ1) is 46.9. The molecule has 0 aromatic heterocycles. The summed E-state index contributed by atoms with van der Waals surface area (Å²) in [6, 6.07) is 33.6. The fourth-order valence-corrected chi connectivity index (χ4v) is 13.7. The Kier molecular flexibility index (Phi) is 16.1. The van der Waals surface area contributed by atoms with Gasteiger partial charge in [0.2, 0.25) is 23.6 Å². The van der Waals surface area contributed by atoms with Crippen molar-refractivity contribution in [2.45, 2.75) is 128 Å². The van der Waals surface area contributed by atoms with Gasteiger partial charge in [0.05, 0.1) is 6.61 Å². The number of nitrogens with one attached hydrogen (secondary N) is 3. The van der Waals surface area contributed by atoms with E-state index in [4.69, 9.17) is 9.16 Å². The number of hydrogen-bond acceptors (Lipinski definition) is 7. The van der Waals surface area contributed by atoms with Crippen molar-refractivity contribution in [3.63, 3.8) is 0 Å². The Balaban J connectivity index is 1.15. The van der Waals surface area contributed by atoms with E-state index in [1.54, 1.807) is 4.90 Å². The molecule has 11 nitrogen and oxygen atoms in total. The zero-order valence-corrected chi connectivity index (χ0v) is 38.4.